The average Bonchev–Trinajstić information content (AvgIpc) is 3.35. The van der Waals surface area contributed by atoms with Crippen molar-refractivity contribution in [1.82, 2.24) is 20.4 Å². The third-order valence-corrected chi connectivity index (χ3v) is 6.08. The van der Waals surface area contributed by atoms with Gasteiger partial charge in [0.05, 0.1) is 27.9 Å². The minimum atomic E-state index is -0.312. The number of amides is 1. The molecule has 0 atom stereocenters. The highest BCUT2D eigenvalue weighted by atomic mass is 19.1. The van der Waals surface area contributed by atoms with E-state index in [0.717, 1.165) is 31.5 Å². The Labute approximate surface area is 203 Å². The van der Waals surface area contributed by atoms with E-state index in [0.29, 0.717) is 47.6 Å². The Balaban J connectivity index is 1.27. The van der Waals surface area contributed by atoms with Gasteiger partial charge < -0.3 is 24.1 Å². The first kappa shape index (κ1) is 24.5. The summed E-state index contributed by atoms with van der Waals surface area (Å²) < 4.78 is 34.6. The van der Waals surface area contributed by atoms with Crippen LogP contribution in [0.3, 0.4) is 0 Å². The minimum absolute atomic E-state index is 0.0230. The summed E-state index contributed by atoms with van der Waals surface area (Å²) in [6.45, 7) is 2.37. The summed E-state index contributed by atoms with van der Waals surface area (Å²) in [4.78, 5) is 19.4. The first-order valence-corrected chi connectivity index (χ1v) is 11.4. The number of aromatic nitrogens is 2. The van der Waals surface area contributed by atoms with Crippen LogP contribution in [0.1, 0.15) is 24.3 Å². The molecule has 1 fully saturated rings. The first-order chi connectivity index (χ1) is 17.0. The Morgan fingerprint density at radius 1 is 1.09 bits per heavy atom. The lowest BCUT2D eigenvalue weighted by Gasteiger charge is -2.30. The Morgan fingerprint density at radius 2 is 1.74 bits per heavy atom. The molecule has 0 spiro atoms. The fourth-order valence-corrected chi connectivity index (χ4v) is 4.15. The molecule has 2 aromatic carbocycles. The van der Waals surface area contributed by atoms with Crippen LogP contribution in [-0.2, 0) is 17.9 Å². The van der Waals surface area contributed by atoms with Crippen molar-refractivity contribution in [2.24, 2.45) is 5.92 Å². The van der Waals surface area contributed by atoms with Crippen LogP contribution < -0.4 is 19.5 Å². The normalized spacial score (nSPS) is 14.5. The number of methoxy groups -OCH3 is 3. The quantitative estimate of drug-likeness (QED) is 0.493. The molecule has 0 saturated carbocycles. The zero-order valence-electron chi connectivity index (χ0n) is 20.0. The van der Waals surface area contributed by atoms with Crippen molar-refractivity contribution in [3.63, 3.8) is 0 Å². The SMILES string of the molecule is COc1cc(CNC(=O)C2CCN(Cc3nc(-c4ccc(F)cc4)no3)CC2)cc(OC)c1OC. The second kappa shape index (κ2) is 11.2. The average molecular weight is 485 g/mol. The predicted octanol–water partition coefficient (Wildman–Crippen LogP) is 3.43. The van der Waals surface area contributed by atoms with Gasteiger partial charge in [0, 0.05) is 18.0 Å². The highest BCUT2D eigenvalue weighted by Gasteiger charge is 2.26. The van der Waals surface area contributed by atoms with Crippen molar-refractivity contribution >= 4 is 5.91 Å². The number of ether oxygens (including phenoxy) is 3. The van der Waals surface area contributed by atoms with Gasteiger partial charge in [-0.25, -0.2) is 4.39 Å². The van der Waals surface area contributed by atoms with Crippen molar-refractivity contribution in [3.05, 3.63) is 53.7 Å². The molecule has 0 aliphatic carbocycles. The fraction of sp³-hybridized carbons (Fsp3) is 0.400. The van der Waals surface area contributed by atoms with Crippen LogP contribution in [-0.4, -0.2) is 55.4 Å². The molecule has 35 heavy (non-hydrogen) atoms. The van der Waals surface area contributed by atoms with Gasteiger partial charge >= 0.3 is 0 Å². The monoisotopic (exact) mass is 484 g/mol. The van der Waals surface area contributed by atoms with E-state index >= 15 is 0 Å². The number of hydrogen-bond acceptors (Lipinski definition) is 8. The van der Waals surface area contributed by atoms with E-state index in [-0.39, 0.29) is 17.6 Å². The van der Waals surface area contributed by atoms with Gasteiger partial charge in [-0.05, 0) is 67.9 Å². The van der Waals surface area contributed by atoms with Crippen molar-refractivity contribution in [2.75, 3.05) is 34.4 Å². The molecule has 1 amide bonds. The van der Waals surface area contributed by atoms with Crippen LogP contribution >= 0.6 is 0 Å². The topological polar surface area (TPSA) is 99.0 Å². The molecule has 0 bridgehead atoms. The molecule has 1 N–H and O–H groups in total. The van der Waals surface area contributed by atoms with Crippen molar-refractivity contribution in [1.29, 1.82) is 0 Å². The number of likely N-dealkylation sites (tertiary alicyclic amines) is 1. The maximum absolute atomic E-state index is 13.1. The summed E-state index contributed by atoms with van der Waals surface area (Å²) in [7, 11) is 4.67. The largest absolute Gasteiger partial charge is 0.493 e. The summed E-state index contributed by atoms with van der Waals surface area (Å²) in [6.07, 6.45) is 1.47. The molecular weight excluding hydrogens is 455 g/mol. The minimum Gasteiger partial charge on any atom is -0.493 e. The van der Waals surface area contributed by atoms with E-state index < -0.39 is 0 Å². The maximum atomic E-state index is 13.1. The number of hydrogen-bond donors (Lipinski definition) is 1. The summed E-state index contributed by atoms with van der Waals surface area (Å²) in [6, 6.07) is 9.62. The van der Waals surface area contributed by atoms with Gasteiger partial charge in [-0.15, -0.1) is 0 Å². The number of rotatable bonds is 9. The second-order valence-electron chi connectivity index (χ2n) is 8.32. The second-order valence-corrected chi connectivity index (χ2v) is 8.32. The third kappa shape index (κ3) is 5.89. The lowest BCUT2D eigenvalue weighted by molar-refractivity contribution is -0.126. The number of benzene rings is 2. The van der Waals surface area contributed by atoms with Crippen LogP contribution in [0.15, 0.2) is 40.9 Å². The number of carbonyl (C=O) groups is 1. The van der Waals surface area contributed by atoms with Gasteiger partial charge in [-0.1, -0.05) is 5.16 Å². The van der Waals surface area contributed by atoms with Gasteiger partial charge in [0.25, 0.3) is 0 Å². The van der Waals surface area contributed by atoms with Crippen LogP contribution in [0.25, 0.3) is 11.4 Å². The molecule has 0 radical (unpaired) electrons. The molecule has 1 saturated heterocycles. The number of carbonyl (C=O) groups excluding carboxylic acids is 1. The van der Waals surface area contributed by atoms with E-state index in [1.807, 2.05) is 12.1 Å². The van der Waals surface area contributed by atoms with Gasteiger partial charge in [0.2, 0.25) is 23.4 Å². The number of halogens is 1. The summed E-state index contributed by atoms with van der Waals surface area (Å²) in [5, 5.41) is 7.01. The molecule has 1 aromatic heterocycles. The molecule has 186 valence electrons. The van der Waals surface area contributed by atoms with Crippen LogP contribution in [0, 0.1) is 11.7 Å². The van der Waals surface area contributed by atoms with Gasteiger partial charge in [0.1, 0.15) is 5.82 Å². The van der Waals surface area contributed by atoms with E-state index in [4.69, 9.17) is 18.7 Å². The van der Waals surface area contributed by atoms with E-state index in [9.17, 15) is 9.18 Å². The molecule has 3 aromatic rings. The molecule has 0 unspecified atom stereocenters. The highest BCUT2D eigenvalue weighted by molar-refractivity contribution is 5.78. The molecule has 2 heterocycles. The third-order valence-electron chi connectivity index (χ3n) is 6.08. The van der Waals surface area contributed by atoms with Crippen molar-refractivity contribution in [2.45, 2.75) is 25.9 Å². The first-order valence-electron chi connectivity index (χ1n) is 11.4. The van der Waals surface area contributed by atoms with Crippen LogP contribution in [0.5, 0.6) is 17.2 Å². The van der Waals surface area contributed by atoms with E-state index in [1.165, 1.54) is 12.1 Å². The van der Waals surface area contributed by atoms with Crippen LogP contribution in [0.4, 0.5) is 4.39 Å². The summed E-state index contributed by atoms with van der Waals surface area (Å²) >= 11 is 0. The van der Waals surface area contributed by atoms with Gasteiger partial charge in [0.15, 0.2) is 11.5 Å². The van der Waals surface area contributed by atoms with Gasteiger partial charge in [-0.2, -0.15) is 4.98 Å². The Morgan fingerprint density at radius 3 is 2.34 bits per heavy atom. The van der Waals surface area contributed by atoms with Crippen molar-refractivity contribution in [3.8, 4) is 28.6 Å². The molecular formula is C25H29FN4O5. The zero-order chi connectivity index (χ0) is 24.8. The predicted molar refractivity (Wildman–Crippen MR) is 126 cm³/mol. The number of piperidine rings is 1. The number of nitrogens with zero attached hydrogens (tertiary/aromatic N) is 3. The zero-order valence-corrected chi connectivity index (χ0v) is 20.0. The van der Waals surface area contributed by atoms with Crippen LogP contribution in [0.2, 0.25) is 0 Å². The van der Waals surface area contributed by atoms with Crippen molar-refractivity contribution < 1.29 is 27.9 Å². The van der Waals surface area contributed by atoms with E-state index in [2.05, 4.69) is 20.4 Å². The summed E-state index contributed by atoms with van der Waals surface area (Å²) in [5.41, 5.74) is 1.56. The van der Waals surface area contributed by atoms with E-state index in [1.54, 1.807) is 33.5 Å². The molecule has 4 rings (SSSR count). The van der Waals surface area contributed by atoms with Gasteiger partial charge in [-0.3, -0.25) is 9.69 Å². The smallest absolute Gasteiger partial charge is 0.241 e. The lowest BCUT2D eigenvalue weighted by atomic mass is 9.96. The lowest BCUT2D eigenvalue weighted by Crippen LogP contribution is -2.40. The Bertz CT molecular complexity index is 1120. The maximum Gasteiger partial charge on any atom is 0.241 e. The molecule has 9 nitrogen and oxygen atoms in total. The Kier molecular flexibility index (Phi) is 7.81. The fourth-order valence-electron chi connectivity index (χ4n) is 4.15. The highest BCUT2D eigenvalue weighted by Crippen LogP contribution is 2.38. The molecule has 1 aliphatic heterocycles. The standard InChI is InChI=1S/C25H29FN4O5/c1-32-20-12-16(13-21(33-2)23(20)34-3)14-27-25(31)18-8-10-30(11-9-18)15-22-28-24(29-35-22)17-4-6-19(26)7-5-17/h4-7,12-13,18H,8-11,14-15H2,1-3H3,(H,27,31). The number of nitrogens with one attached hydrogen (secondary N) is 1. The summed E-state index contributed by atoms with van der Waals surface area (Å²) in [5.74, 6) is 2.19. The Hall–Kier alpha value is -3.66. The molecule has 1 aliphatic rings. The molecule has 10 heteroatoms.